The van der Waals surface area contributed by atoms with Crippen molar-refractivity contribution in [3.63, 3.8) is 0 Å². The molecule has 1 atom stereocenters. The third-order valence-electron chi connectivity index (χ3n) is 8.42. The van der Waals surface area contributed by atoms with Gasteiger partial charge in [0, 0.05) is 6.42 Å². The van der Waals surface area contributed by atoms with Gasteiger partial charge < -0.3 is 9.53 Å². The summed E-state index contributed by atoms with van der Waals surface area (Å²) in [6, 6.07) is 50.8. The van der Waals surface area contributed by atoms with Crippen molar-refractivity contribution in [2.75, 3.05) is 0 Å². The molecule has 0 bridgehead atoms. The van der Waals surface area contributed by atoms with Crippen LogP contribution in [0.2, 0.25) is 5.04 Å². The number of carbonyl (C=O) groups excluding carboxylic acids is 1. The van der Waals surface area contributed by atoms with E-state index in [4.69, 9.17) is 4.43 Å². The summed E-state index contributed by atoms with van der Waals surface area (Å²) in [6.45, 7) is 3.90. The maximum absolute atomic E-state index is 14.5. The maximum atomic E-state index is 14.5. The first-order valence-corrected chi connectivity index (χ1v) is 19.4. The largest absolute Gasteiger partial charge is 0.481 e. The zero-order valence-electron chi connectivity index (χ0n) is 26.6. The number of carbonyl (C=O) groups is 2. The van der Waals surface area contributed by atoms with Gasteiger partial charge in [-0.2, -0.15) is 0 Å². The Hall–Kier alpha value is -4.28. The molecule has 6 heteroatoms. The van der Waals surface area contributed by atoms with Crippen LogP contribution in [0.3, 0.4) is 0 Å². The highest BCUT2D eigenvalue weighted by molar-refractivity contribution is 7.95. The number of Topliss-reactive ketones (excluding diaryl/α,β-unsaturated/α-hetero) is 1. The highest BCUT2D eigenvalue weighted by Crippen LogP contribution is 2.44. The fourth-order valence-electron chi connectivity index (χ4n) is 6.44. The van der Waals surface area contributed by atoms with E-state index in [9.17, 15) is 14.7 Å². The minimum atomic E-state index is -3.12. The van der Waals surface area contributed by atoms with Gasteiger partial charge in [-0.3, -0.25) is 9.59 Å². The molecular formula is C40H41O4PSi. The van der Waals surface area contributed by atoms with E-state index in [-0.39, 0.29) is 23.7 Å². The minimum absolute atomic E-state index is 0.0505. The van der Waals surface area contributed by atoms with Crippen molar-refractivity contribution in [3.05, 3.63) is 152 Å². The SMILES string of the molecule is CC(C)(C)[Si](O[C@@H](CC(=O)O)CC(=O)C=P(c1ccccc1)(c1ccccc1)c1ccccc1)(c1ccccc1)c1ccccc1. The van der Waals surface area contributed by atoms with Crippen LogP contribution in [0.5, 0.6) is 0 Å². The van der Waals surface area contributed by atoms with Crippen molar-refractivity contribution in [3.8, 4) is 0 Å². The molecule has 0 heterocycles. The molecule has 0 aliphatic carbocycles. The molecule has 0 unspecified atom stereocenters. The van der Waals surface area contributed by atoms with Crippen LogP contribution in [-0.4, -0.2) is 37.1 Å². The van der Waals surface area contributed by atoms with Gasteiger partial charge in [0.15, 0.2) is 5.78 Å². The average molecular weight is 645 g/mol. The van der Waals surface area contributed by atoms with Crippen LogP contribution < -0.4 is 26.3 Å². The third-order valence-corrected chi connectivity index (χ3v) is 17.5. The molecular weight excluding hydrogens is 603 g/mol. The monoisotopic (exact) mass is 644 g/mol. The second-order valence-electron chi connectivity index (χ2n) is 12.5. The zero-order valence-corrected chi connectivity index (χ0v) is 28.5. The van der Waals surface area contributed by atoms with Crippen LogP contribution in [0.4, 0.5) is 0 Å². The van der Waals surface area contributed by atoms with E-state index in [0.29, 0.717) is 0 Å². The van der Waals surface area contributed by atoms with Gasteiger partial charge in [0.25, 0.3) is 8.32 Å². The molecule has 0 saturated carbocycles. The van der Waals surface area contributed by atoms with Gasteiger partial charge in [-0.1, -0.05) is 172 Å². The molecule has 5 aromatic carbocycles. The number of hydrogen-bond acceptors (Lipinski definition) is 3. The summed E-state index contributed by atoms with van der Waals surface area (Å²) < 4.78 is 7.22. The van der Waals surface area contributed by atoms with E-state index >= 15 is 0 Å². The summed E-state index contributed by atoms with van der Waals surface area (Å²) in [7, 11) is -3.12. The van der Waals surface area contributed by atoms with Gasteiger partial charge >= 0.3 is 5.97 Å². The number of benzene rings is 5. The Morgan fingerprint density at radius 1 is 0.630 bits per heavy atom. The fourth-order valence-corrected chi connectivity index (χ4v) is 14.9. The predicted octanol–water partition coefficient (Wildman–Crippen LogP) is 6.16. The lowest BCUT2D eigenvalue weighted by molar-refractivity contribution is -0.139. The van der Waals surface area contributed by atoms with Gasteiger partial charge in [0.1, 0.15) is 0 Å². The van der Waals surface area contributed by atoms with E-state index in [1.807, 2.05) is 96.8 Å². The van der Waals surface area contributed by atoms with Crippen molar-refractivity contribution < 1.29 is 19.1 Å². The first kappa shape index (κ1) is 33.1. The number of carboxylic acids is 1. The number of aliphatic carboxylic acids is 1. The lowest BCUT2D eigenvalue weighted by Gasteiger charge is -2.45. The molecule has 46 heavy (non-hydrogen) atoms. The molecule has 0 fully saturated rings. The van der Waals surface area contributed by atoms with Crippen molar-refractivity contribution >= 4 is 59.0 Å². The molecule has 0 spiro atoms. The predicted molar refractivity (Wildman–Crippen MR) is 196 cm³/mol. The summed E-state index contributed by atoms with van der Waals surface area (Å²) in [6.07, 6.45) is -1.17. The van der Waals surface area contributed by atoms with Crippen LogP contribution >= 0.6 is 6.89 Å². The number of carboxylic acid groups (broad SMARTS) is 1. The molecule has 5 aromatic rings. The van der Waals surface area contributed by atoms with Gasteiger partial charge in [0.05, 0.1) is 12.5 Å². The van der Waals surface area contributed by atoms with Crippen molar-refractivity contribution in [2.24, 2.45) is 0 Å². The Labute approximate surface area is 273 Å². The van der Waals surface area contributed by atoms with Crippen molar-refractivity contribution in [1.29, 1.82) is 0 Å². The highest BCUT2D eigenvalue weighted by Gasteiger charge is 2.51. The molecule has 0 amide bonds. The minimum Gasteiger partial charge on any atom is -0.481 e. The van der Waals surface area contributed by atoms with Gasteiger partial charge in [-0.05, 0) is 44.0 Å². The Bertz CT molecular complexity index is 1640. The number of hydrogen-bond donors (Lipinski definition) is 1. The summed E-state index contributed by atoms with van der Waals surface area (Å²) in [5.41, 5.74) is 0. The maximum Gasteiger partial charge on any atom is 0.305 e. The first-order valence-electron chi connectivity index (χ1n) is 15.6. The summed E-state index contributed by atoms with van der Waals surface area (Å²) >= 11 is 0. The fraction of sp³-hybridized carbons (Fsp3) is 0.175. The quantitative estimate of drug-likeness (QED) is 0.131. The van der Waals surface area contributed by atoms with Crippen LogP contribution in [0.15, 0.2) is 152 Å². The second kappa shape index (κ2) is 14.4. The molecule has 0 aromatic heterocycles. The standard InChI is InChI=1S/C40H41O4PSi/c1-40(2,3)46(37-25-15-7-16-26-37,38-27-17-8-18-28-38)44-33(30-39(42)43)29-32(41)31-45(34-19-9-4-10-20-34,35-21-11-5-12-22-35)36-23-13-6-14-24-36/h4-28,31,33H,29-30H2,1-3H3,(H,42,43)/t33-/m1/s1. The van der Waals surface area contributed by atoms with E-state index in [2.05, 4.69) is 81.4 Å². The van der Waals surface area contributed by atoms with Crippen LogP contribution in [0.1, 0.15) is 33.6 Å². The van der Waals surface area contributed by atoms with Gasteiger partial charge in [-0.15, -0.1) is 0 Å². The number of rotatable bonds is 12. The molecule has 5 rings (SSSR count). The van der Waals surface area contributed by atoms with Crippen LogP contribution in [-0.2, 0) is 14.0 Å². The van der Waals surface area contributed by atoms with Crippen molar-refractivity contribution in [2.45, 2.75) is 44.8 Å². The molecule has 0 saturated heterocycles. The molecule has 4 nitrogen and oxygen atoms in total. The smallest absolute Gasteiger partial charge is 0.305 e. The summed E-state index contributed by atoms with van der Waals surface area (Å²) in [5, 5.41) is 15.0. The van der Waals surface area contributed by atoms with Crippen molar-refractivity contribution in [1.82, 2.24) is 0 Å². The number of ketones is 1. The second-order valence-corrected chi connectivity index (χ2v) is 20.0. The Balaban J connectivity index is 1.67. The molecule has 0 radical (unpaired) electrons. The van der Waals surface area contributed by atoms with Crippen LogP contribution in [0, 0.1) is 0 Å². The molecule has 1 N–H and O–H groups in total. The Morgan fingerprint density at radius 2 is 0.978 bits per heavy atom. The first-order chi connectivity index (χ1) is 22.2. The molecule has 0 aliphatic heterocycles. The van der Waals surface area contributed by atoms with E-state index < -0.39 is 27.3 Å². The molecule has 0 aliphatic rings. The topological polar surface area (TPSA) is 63.6 Å². The van der Waals surface area contributed by atoms with Gasteiger partial charge in [0.2, 0.25) is 0 Å². The normalized spacial score (nSPS) is 12.7. The molecule has 234 valence electrons. The average Bonchev–Trinajstić information content (AvgIpc) is 3.07. The summed E-state index contributed by atoms with van der Waals surface area (Å²) in [4.78, 5) is 26.9. The van der Waals surface area contributed by atoms with E-state index in [0.717, 1.165) is 26.3 Å². The zero-order chi connectivity index (χ0) is 32.6. The summed E-state index contributed by atoms with van der Waals surface area (Å²) in [5.74, 6) is 0.761. The van der Waals surface area contributed by atoms with Gasteiger partial charge in [-0.25, -0.2) is 0 Å². The highest BCUT2D eigenvalue weighted by atomic mass is 31.2. The lowest BCUT2D eigenvalue weighted by Crippen LogP contribution is -2.67. The Kier molecular flexibility index (Phi) is 10.4. The lowest BCUT2D eigenvalue weighted by atomic mass is 10.1. The third kappa shape index (κ3) is 6.93. The van der Waals surface area contributed by atoms with Crippen LogP contribution in [0.25, 0.3) is 0 Å². The van der Waals surface area contributed by atoms with E-state index in [1.54, 1.807) is 0 Å². The Morgan fingerprint density at radius 3 is 1.30 bits per heavy atom. The van der Waals surface area contributed by atoms with E-state index in [1.165, 1.54) is 0 Å².